The van der Waals surface area contributed by atoms with Crippen molar-refractivity contribution in [3.8, 4) is 0 Å². The molecule has 0 aromatic rings. The predicted octanol–water partition coefficient (Wildman–Crippen LogP) is 0.238. The lowest BCUT2D eigenvalue weighted by Crippen LogP contribution is -2.05. The number of carbonyl (C=O) groups excluding carboxylic acids is 1. The molecule has 0 aromatic carbocycles. The second-order valence-electron chi connectivity index (χ2n) is 1.50. The van der Waals surface area contributed by atoms with Crippen LogP contribution < -0.4 is 0 Å². The third-order valence-corrected chi connectivity index (χ3v) is 1.17. The molecule has 0 rings (SSSR count). The lowest BCUT2D eigenvalue weighted by Gasteiger charge is -1.97. The topological polar surface area (TPSA) is 26.3 Å². The molecule has 0 aliphatic rings. The van der Waals surface area contributed by atoms with Gasteiger partial charge in [-0.3, -0.25) is 0 Å². The zero-order chi connectivity index (χ0) is 6.57. The minimum atomic E-state index is -0.587. The number of hydrogen-bond acceptors (Lipinski definition) is 2. The Morgan fingerprint density at radius 1 is 1.75 bits per heavy atom. The molecule has 3 heteroatoms. The molecular weight excluding hydrogens is 120 g/mol. The average molecular weight is 130 g/mol. The number of carbonyl (C=O) groups is 1. The fourth-order valence-corrected chi connectivity index (χ4v) is 0.763. The molecule has 0 aromatic heterocycles. The van der Waals surface area contributed by atoms with Crippen LogP contribution in [-0.2, 0) is 9.22 Å². The van der Waals surface area contributed by atoms with E-state index in [-0.39, 0.29) is 5.97 Å². The summed E-state index contributed by atoms with van der Waals surface area (Å²) in [5.74, 6) is -0.251. The quantitative estimate of drug-likeness (QED) is 0.395. The van der Waals surface area contributed by atoms with E-state index in [0.29, 0.717) is 5.57 Å². The average Bonchev–Trinajstić information content (AvgIpc) is 1.67. The summed E-state index contributed by atoms with van der Waals surface area (Å²) in [5.41, 5.74) is 0.486. The molecule has 0 saturated carbocycles. The number of rotatable bonds is 2. The SMILES string of the molecule is C=C(C)C(=O)O[SiH2]C. The maximum atomic E-state index is 10.5. The second kappa shape index (κ2) is 3.43. The van der Waals surface area contributed by atoms with Crippen LogP contribution in [0.2, 0.25) is 6.55 Å². The summed E-state index contributed by atoms with van der Waals surface area (Å²) in [4.78, 5) is 10.5. The van der Waals surface area contributed by atoms with Crippen LogP contribution in [0.5, 0.6) is 0 Å². The van der Waals surface area contributed by atoms with Crippen LogP contribution in [0.1, 0.15) is 6.92 Å². The first-order valence-corrected chi connectivity index (χ1v) is 4.50. The van der Waals surface area contributed by atoms with Gasteiger partial charge in [0.1, 0.15) is 0 Å². The molecule has 0 saturated heterocycles. The van der Waals surface area contributed by atoms with Crippen LogP contribution in [0.25, 0.3) is 0 Å². The lowest BCUT2D eigenvalue weighted by atomic mass is 10.4. The molecule has 0 amide bonds. The van der Waals surface area contributed by atoms with Crippen LogP contribution in [-0.4, -0.2) is 15.7 Å². The Balaban J connectivity index is 3.49. The minimum absolute atomic E-state index is 0.251. The van der Waals surface area contributed by atoms with Crippen molar-refractivity contribution in [2.24, 2.45) is 0 Å². The van der Waals surface area contributed by atoms with Crippen molar-refractivity contribution in [3.63, 3.8) is 0 Å². The highest BCUT2D eigenvalue weighted by atomic mass is 28.2. The molecule has 0 unspecified atom stereocenters. The molecule has 0 heterocycles. The fourth-order valence-electron chi connectivity index (χ4n) is 0.254. The largest absolute Gasteiger partial charge is 0.522 e. The highest BCUT2D eigenvalue weighted by Gasteiger charge is 1.97. The van der Waals surface area contributed by atoms with E-state index in [2.05, 4.69) is 6.58 Å². The van der Waals surface area contributed by atoms with Crippen LogP contribution in [0.4, 0.5) is 0 Å². The number of hydrogen-bond donors (Lipinski definition) is 0. The van der Waals surface area contributed by atoms with Crippen molar-refractivity contribution in [1.29, 1.82) is 0 Å². The van der Waals surface area contributed by atoms with Gasteiger partial charge in [-0.15, -0.1) is 0 Å². The lowest BCUT2D eigenvalue weighted by molar-refractivity contribution is -0.130. The van der Waals surface area contributed by atoms with E-state index in [1.165, 1.54) is 0 Å². The zero-order valence-electron chi connectivity index (χ0n) is 5.23. The Morgan fingerprint density at radius 3 is 2.38 bits per heavy atom. The summed E-state index contributed by atoms with van der Waals surface area (Å²) in [7, 11) is -0.587. The first-order chi connectivity index (χ1) is 3.68. The van der Waals surface area contributed by atoms with Gasteiger partial charge < -0.3 is 4.43 Å². The van der Waals surface area contributed by atoms with Gasteiger partial charge in [0, 0.05) is 5.57 Å². The predicted molar refractivity (Wildman–Crippen MR) is 35.3 cm³/mol. The van der Waals surface area contributed by atoms with E-state index in [0.717, 1.165) is 0 Å². The van der Waals surface area contributed by atoms with Crippen LogP contribution in [0.3, 0.4) is 0 Å². The van der Waals surface area contributed by atoms with Gasteiger partial charge in [-0.2, -0.15) is 0 Å². The molecule has 0 aliphatic carbocycles. The molecule has 0 spiro atoms. The van der Waals surface area contributed by atoms with E-state index >= 15 is 0 Å². The van der Waals surface area contributed by atoms with Crippen molar-refractivity contribution in [2.75, 3.05) is 0 Å². The van der Waals surface area contributed by atoms with Crippen LogP contribution in [0, 0.1) is 0 Å². The van der Waals surface area contributed by atoms with E-state index < -0.39 is 9.76 Å². The smallest absolute Gasteiger partial charge is 0.319 e. The molecule has 8 heavy (non-hydrogen) atoms. The van der Waals surface area contributed by atoms with Crippen molar-refractivity contribution < 1.29 is 9.22 Å². The molecule has 0 aliphatic heterocycles. The molecule has 46 valence electrons. The monoisotopic (exact) mass is 130 g/mol. The Bertz CT molecular complexity index is 109. The molecule has 2 nitrogen and oxygen atoms in total. The van der Waals surface area contributed by atoms with Gasteiger partial charge in [0.05, 0.1) is 0 Å². The van der Waals surface area contributed by atoms with Gasteiger partial charge in [0.15, 0.2) is 0 Å². The molecule has 0 fully saturated rings. The third-order valence-electron chi connectivity index (χ3n) is 0.624. The van der Waals surface area contributed by atoms with Gasteiger partial charge >= 0.3 is 5.97 Å². The summed E-state index contributed by atoms with van der Waals surface area (Å²) in [6, 6.07) is 0. The van der Waals surface area contributed by atoms with E-state index in [4.69, 9.17) is 4.43 Å². The molecule has 0 radical (unpaired) electrons. The van der Waals surface area contributed by atoms with Gasteiger partial charge in [-0.25, -0.2) is 4.79 Å². The summed E-state index contributed by atoms with van der Waals surface area (Å²) in [6.45, 7) is 6.97. The minimum Gasteiger partial charge on any atom is -0.522 e. The fraction of sp³-hybridized carbons (Fsp3) is 0.400. The van der Waals surface area contributed by atoms with E-state index in [1.807, 2.05) is 6.55 Å². The van der Waals surface area contributed by atoms with Gasteiger partial charge in [0.2, 0.25) is 9.76 Å². The molecule has 0 atom stereocenters. The normalized spacial score (nSPS) is 9.75. The Hall–Kier alpha value is -0.573. The Labute approximate surface area is 51.5 Å². The highest BCUT2D eigenvalue weighted by molar-refractivity contribution is 6.29. The zero-order valence-corrected chi connectivity index (χ0v) is 6.64. The molecule has 0 N–H and O–H groups in total. The maximum absolute atomic E-state index is 10.5. The summed E-state index contributed by atoms with van der Waals surface area (Å²) in [5, 5.41) is 0. The van der Waals surface area contributed by atoms with E-state index in [9.17, 15) is 4.79 Å². The van der Waals surface area contributed by atoms with Crippen LogP contribution >= 0.6 is 0 Å². The molecule has 0 bridgehead atoms. The summed E-state index contributed by atoms with van der Waals surface area (Å²) >= 11 is 0. The van der Waals surface area contributed by atoms with E-state index in [1.54, 1.807) is 6.92 Å². The van der Waals surface area contributed by atoms with Gasteiger partial charge in [-0.05, 0) is 13.5 Å². The van der Waals surface area contributed by atoms with Gasteiger partial charge in [0.25, 0.3) is 0 Å². The first-order valence-electron chi connectivity index (χ1n) is 2.51. The second-order valence-corrected chi connectivity index (χ2v) is 2.37. The maximum Gasteiger partial charge on any atom is 0.319 e. The van der Waals surface area contributed by atoms with Crippen molar-refractivity contribution >= 4 is 15.7 Å². The standard InChI is InChI=1S/C5H10O2Si/c1-4(2)5(6)7-8-3/h1,8H2,2-3H3. The van der Waals surface area contributed by atoms with Crippen LogP contribution in [0.15, 0.2) is 12.2 Å². The summed E-state index contributed by atoms with van der Waals surface area (Å²) in [6.07, 6.45) is 0. The van der Waals surface area contributed by atoms with Crippen molar-refractivity contribution in [2.45, 2.75) is 13.5 Å². The Morgan fingerprint density at radius 2 is 2.25 bits per heavy atom. The summed E-state index contributed by atoms with van der Waals surface area (Å²) < 4.78 is 4.70. The van der Waals surface area contributed by atoms with Crippen molar-refractivity contribution in [3.05, 3.63) is 12.2 Å². The van der Waals surface area contributed by atoms with Gasteiger partial charge in [-0.1, -0.05) is 6.58 Å². The molecular formula is C5H10O2Si. The third kappa shape index (κ3) is 2.57. The first kappa shape index (κ1) is 7.43. The Kier molecular flexibility index (Phi) is 3.19. The van der Waals surface area contributed by atoms with Crippen molar-refractivity contribution in [1.82, 2.24) is 0 Å². The highest BCUT2D eigenvalue weighted by Crippen LogP contribution is 1.88.